The molecule has 1 aromatic heterocycles. The van der Waals surface area contributed by atoms with Gasteiger partial charge in [-0.25, -0.2) is 9.97 Å². The van der Waals surface area contributed by atoms with Crippen LogP contribution in [0.2, 0.25) is 0 Å². The Morgan fingerprint density at radius 2 is 1.77 bits per heavy atom. The zero-order valence-corrected chi connectivity index (χ0v) is 14.6. The number of aryl methyl sites for hydroxylation is 1. The Kier molecular flexibility index (Phi) is 4.29. The lowest BCUT2D eigenvalue weighted by molar-refractivity contribution is -0.384. The molecule has 0 unspecified atom stereocenters. The topological polar surface area (TPSA) is 90.6 Å². The summed E-state index contributed by atoms with van der Waals surface area (Å²) in [5, 5.41) is 10.8. The second-order valence-corrected chi connectivity index (χ2v) is 6.59. The van der Waals surface area contributed by atoms with E-state index in [0.717, 1.165) is 43.0 Å². The average Bonchev–Trinajstić information content (AvgIpc) is 3.10. The monoisotopic (exact) mass is 356 g/mol. The normalized spacial score (nSPS) is 19.0. The first-order valence-corrected chi connectivity index (χ1v) is 8.68. The second kappa shape index (κ2) is 6.62. The van der Waals surface area contributed by atoms with E-state index in [9.17, 15) is 10.1 Å². The highest BCUT2D eigenvalue weighted by molar-refractivity contribution is 5.60. The number of nitrogens with zero attached hydrogens (tertiary/aromatic N) is 4. The van der Waals surface area contributed by atoms with E-state index < -0.39 is 10.7 Å². The molecule has 8 heteroatoms. The fraction of sp³-hybridized carbons (Fsp3) is 0.444. The molecule has 2 aliphatic heterocycles. The number of hydrogen-bond acceptors (Lipinski definition) is 7. The van der Waals surface area contributed by atoms with Gasteiger partial charge in [0.25, 0.3) is 5.69 Å². The Bertz CT molecular complexity index is 808. The first kappa shape index (κ1) is 16.9. The maximum atomic E-state index is 10.8. The quantitative estimate of drug-likeness (QED) is 0.617. The molecule has 0 amide bonds. The van der Waals surface area contributed by atoms with Gasteiger partial charge in [0.15, 0.2) is 11.6 Å². The summed E-state index contributed by atoms with van der Waals surface area (Å²) in [4.78, 5) is 21.8. The second-order valence-electron chi connectivity index (χ2n) is 6.59. The molecule has 8 nitrogen and oxygen atoms in total. The molecular weight excluding hydrogens is 336 g/mol. The lowest BCUT2D eigenvalue weighted by Crippen LogP contribution is -2.45. The van der Waals surface area contributed by atoms with Crippen molar-refractivity contribution in [3.05, 3.63) is 46.1 Å². The maximum absolute atomic E-state index is 10.8. The average molecular weight is 356 g/mol. The third-order valence-electron chi connectivity index (χ3n) is 4.84. The summed E-state index contributed by atoms with van der Waals surface area (Å²) in [6, 6.07) is 8.27. The van der Waals surface area contributed by atoms with Crippen LogP contribution in [-0.4, -0.2) is 47.0 Å². The van der Waals surface area contributed by atoms with Crippen molar-refractivity contribution in [3.8, 4) is 11.4 Å². The van der Waals surface area contributed by atoms with Gasteiger partial charge in [0.05, 0.1) is 18.1 Å². The van der Waals surface area contributed by atoms with Crippen molar-refractivity contribution >= 4 is 11.5 Å². The van der Waals surface area contributed by atoms with Gasteiger partial charge in [-0.1, -0.05) is 0 Å². The highest BCUT2D eigenvalue weighted by atomic mass is 16.7. The van der Waals surface area contributed by atoms with Gasteiger partial charge >= 0.3 is 0 Å². The number of ether oxygens (including phenoxy) is 2. The van der Waals surface area contributed by atoms with Gasteiger partial charge in [0.2, 0.25) is 0 Å². The first-order chi connectivity index (χ1) is 12.5. The van der Waals surface area contributed by atoms with Crippen LogP contribution in [0.1, 0.15) is 18.5 Å². The molecule has 4 rings (SSSR count). The highest BCUT2D eigenvalue weighted by Gasteiger charge is 2.40. The van der Waals surface area contributed by atoms with E-state index in [4.69, 9.17) is 9.47 Å². The standard InChI is InChI=1S/C18H20N4O4/c1-13-12-16(21-8-6-18(7-9-21)25-10-11-26-18)20-17(19-13)14-2-4-15(5-3-14)22(23)24/h2-5,12H,6-11H2,1H3. The van der Waals surface area contributed by atoms with E-state index in [1.165, 1.54) is 12.1 Å². The molecule has 0 atom stereocenters. The molecule has 0 radical (unpaired) electrons. The van der Waals surface area contributed by atoms with Gasteiger partial charge in [0, 0.05) is 55.4 Å². The van der Waals surface area contributed by atoms with Gasteiger partial charge in [-0.05, 0) is 19.1 Å². The molecule has 3 heterocycles. The number of rotatable bonds is 3. The van der Waals surface area contributed by atoms with E-state index in [-0.39, 0.29) is 5.69 Å². The van der Waals surface area contributed by atoms with Crippen molar-refractivity contribution in [3.63, 3.8) is 0 Å². The summed E-state index contributed by atoms with van der Waals surface area (Å²) in [5.41, 5.74) is 1.67. The largest absolute Gasteiger partial charge is 0.356 e. The number of non-ortho nitro benzene ring substituents is 1. The van der Waals surface area contributed by atoms with Crippen LogP contribution in [-0.2, 0) is 9.47 Å². The third-order valence-corrected chi connectivity index (χ3v) is 4.84. The SMILES string of the molecule is Cc1cc(N2CCC3(CC2)OCCO3)nc(-c2ccc([N+](=O)[O-])cc2)n1. The molecule has 0 aliphatic carbocycles. The minimum atomic E-state index is -0.417. The van der Waals surface area contributed by atoms with Gasteiger partial charge in [-0.2, -0.15) is 0 Å². The van der Waals surface area contributed by atoms with Crippen LogP contribution in [0.25, 0.3) is 11.4 Å². The Balaban J connectivity index is 1.55. The van der Waals surface area contributed by atoms with Gasteiger partial charge in [-0.15, -0.1) is 0 Å². The predicted molar refractivity (Wildman–Crippen MR) is 94.9 cm³/mol. The molecule has 2 fully saturated rings. The smallest absolute Gasteiger partial charge is 0.269 e. The van der Waals surface area contributed by atoms with Crippen molar-refractivity contribution in [2.45, 2.75) is 25.6 Å². The number of benzene rings is 1. The zero-order valence-electron chi connectivity index (χ0n) is 14.6. The number of anilines is 1. The fourth-order valence-electron chi connectivity index (χ4n) is 3.44. The predicted octanol–water partition coefficient (Wildman–Crippen LogP) is 2.70. The Morgan fingerprint density at radius 3 is 2.38 bits per heavy atom. The summed E-state index contributed by atoms with van der Waals surface area (Å²) < 4.78 is 11.6. The Morgan fingerprint density at radius 1 is 1.12 bits per heavy atom. The molecule has 2 saturated heterocycles. The van der Waals surface area contributed by atoms with Crippen LogP contribution in [0.3, 0.4) is 0 Å². The number of nitro benzene ring substituents is 1. The van der Waals surface area contributed by atoms with E-state index >= 15 is 0 Å². The first-order valence-electron chi connectivity index (χ1n) is 8.68. The molecule has 0 bridgehead atoms. The Labute approximate surface area is 150 Å². The Hall–Kier alpha value is -2.58. The van der Waals surface area contributed by atoms with Crippen molar-refractivity contribution in [2.75, 3.05) is 31.2 Å². The maximum Gasteiger partial charge on any atom is 0.269 e. The van der Waals surface area contributed by atoms with Crippen LogP contribution in [0.15, 0.2) is 30.3 Å². The number of hydrogen-bond donors (Lipinski definition) is 0. The summed E-state index contributed by atoms with van der Waals surface area (Å²) in [7, 11) is 0. The summed E-state index contributed by atoms with van der Waals surface area (Å²) in [6.45, 7) is 4.86. The molecular formula is C18H20N4O4. The summed E-state index contributed by atoms with van der Waals surface area (Å²) in [5.74, 6) is 1.02. The van der Waals surface area contributed by atoms with Crippen LogP contribution in [0.5, 0.6) is 0 Å². The van der Waals surface area contributed by atoms with Crippen LogP contribution in [0.4, 0.5) is 11.5 Å². The lowest BCUT2D eigenvalue weighted by atomic mass is 10.0. The van der Waals surface area contributed by atoms with Crippen LogP contribution >= 0.6 is 0 Å². The molecule has 2 aromatic rings. The number of piperidine rings is 1. The molecule has 2 aliphatic rings. The van der Waals surface area contributed by atoms with Gasteiger partial charge in [-0.3, -0.25) is 10.1 Å². The van der Waals surface area contributed by atoms with E-state index in [2.05, 4.69) is 14.9 Å². The summed E-state index contributed by atoms with van der Waals surface area (Å²) >= 11 is 0. The molecule has 0 N–H and O–H groups in total. The third kappa shape index (κ3) is 3.25. The van der Waals surface area contributed by atoms with E-state index in [0.29, 0.717) is 19.0 Å². The summed E-state index contributed by atoms with van der Waals surface area (Å²) in [6.07, 6.45) is 1.62. The minimum absolute atomic E-state index is 0.0551. The molecule has 1 aromatic carbocycles. The van der Waals surface area contributed by atoms with Gasteiger partial charge in [0.1, 0.15) is 5.82 Å². The van der Waals surface area contributed by atoms with Crippen LogP contribution in [0, 0.1) is 17.0 Å². The van der Waals surface area contributed by atoms with Crippen molar-refractivity contribution in [2.24, 2.45) is 0 Å². The zero-order chi connectivity index (χ0) is 18.1. The molecule has 1 spiro atoms. The van der Waals surface area contributed by atoms with E-state index in [1.807, 2.05) is 13.0 Å². The van der Waals surface area contributed by atoms with E-state index in [1.54, 1.807) is 12.1 Å². The van der Waals surface area contributed by atoms with Crippen molar-refractivity contribution in [1.82, 2.24) is 9.97 Å². The van der Waals surface area contributed by atoms with Crippen molar-refractivity contribution < 1.29 is 14.4 Å². The highest BCUT2D eigenvalue weighted by Crippen LogP contribution is 2.33. The molecule has 136 valence electrons. The fourth-order valence-corrected chi connectivity index (χ4v) is 3.44. The molecule has 26 heavy (non-hydrogen) atoms. The van der Waals surface area contributed by atoms with Crippen LogP contribution < -0.4 is 4.90 Å². The molecule has 0 saturated carbocycles. The van der Waals surface area contributed by atoms with Crippen molar-refractivity contribution in [1.29, 1.82) is 0 Å². The lowest BCUT2D eigenvalue weighted by Gasteiger charge is -2.38. The number of nitro groups is 1. The minimum Gasteiger partial charge on any atom is -0.356 e. The number of aromatic nitrogens is 2. The van der Waals surface area contributed by atoms with Gasteiger partial charge < -0.3 is 14.4 Å².